The SMILES string of the molecule is Cc1ccc(N(CC(=O)NCc2ccc(Cl)cc2Cl)S(=O)(=O)c2ccccc2)cc1. The lowest BCUT2D eigenvalue weighted by atomic mass is 10.2. The molecular weight excluding hydrogens is 443 g/mol. The second kappa shape index (κ2) is 9.51. The third-order valence-electron chi connectivity index (χ3n) is 4.43. The van der Waals surface area contributed by atoms with Crippen LogP contribution in [-0.4, -0.2) is 20.9 Å². The van der Waals surface area contributed by atoms with Crippen LogP contribution in [0.25, 0.3) is 0 Å². The van der Waals surface area contributed by atoms with E-state index in [1.807, 2.05) is 6.92 Å². The number of benzene rings is 3. The maximum Gasteiger partial charge on any atom is 0.264 e. The topological polar surface area (TPSA) is 66.5 Å². The molecule has 5 nitrogen and oxygen atoms in total. The van der Waals surface area contributed by atoms with E-state index in [2.05, 4.69) is 5.32 Å². The molecule has 156 valence electrons. The molecule has 0 aliphatic heterocycles. The number of rotatable bonds is 7. The highest BCUT2D eigenvalue weighted by Crippen LogP contribution is 2.24. The lowest BCUT2D eigenvalue weighted by Crippen LogP contribution is -2.40. The molecule has 8 heteroatoms. The summed E-state index contributed by atoms with van der Waals surface area (Å²) in [4.78, 5) is 12.7. The monoisotopic (exact) mass is 462 g/mol. The summed E-state index contributed by atoms with van der Waals surface area (Å²) < 4.78 is 27.6. The number of carbonyl (C=O) groups is 1. The van der Waals surface area contributed by atoms with Crippen molar-refractivity contribution >= 4 is 44.8 Å². The van der Waals surface area contributed by atoms with Gasteiger partial charge in [-0.15, -0.1) is 0 Å². The van der Waals surface area contributed by atoms with E-state index in [0.29, 0.717) is 21.3 Å². The normalized spacial score (nSPS) is 11.2. The minimum Gasteiger partial charge on any atom is -0.350 e. The Bertz CT molecular complexity index is 1130. The van der Waals surface area contributed by atoms with E-state index in [-0.39, 0.29) is 18.0 Å². The predicted octanol–water partition coefficient (Wildman–Crippen LogP) is 4.81. The highest BCUT2D eigenvalue weighted by molar-refractivity contribution is 7.92. The van der Waals surface area contributed by atoms with E-state index in [1.54, 1.807) is 60.7 Å². The average molecular weight is 463 g/mol. The highest BCUT2D eigenvalue weighted by Gasteiger charge is 2.27. The molecule has 0 saturated carbocycles. The lowest BCUT2D eigenvalue weighted by Gasteiger charge is -2.24. The summed E-state index contributed by atoms with van der Waals surface area (Å²) in [6, 6.07) is 20.0. The highest BCUT2D eigenvalue weighted by atomic mass is 35.5. The molecule has 0 unspecified atom stereocenters. The molecule has 0 spiro atoms. The van der Waals surface area contributed by atoms with Crippen molar-refractivity contribution in [3.05, 3.63) is 94.0 Å². The molecule has 30 heavy (non-hydrogen) atoms. The number of sulfonamides is 1. The lowest BCUT2D eigenvalue weighted by molar-refractivity contribution is -0.119. The quantitative estimate of drug-likeness (QED) is 0.547. The van der Waals surface area contributed by atoms with Crippen LogP contribution in [0.4, 0.5) is 5.69 Å². The molecule has 0 atom stereocenters. The molecule has 1 N–H and O–H groups in total. The van der Waals surface area contributed by atoms with Crippen LogP contribution in [0.15, 0.2) is 77.7 Å². The molecule has 0 fully saturated rings. The molecular formula is C22H20Cl2N2O3S. The molecule has 0 radical (unpaired) electrons. The van der Waals surface area contributed by atoms with Crippen LogP contribution >= 0.6 is 23.2 Å². The van der Waals surface area contributed by atoms with E-state index in [1.165, 1.54) is 12.1 Å². The second-order valence-electron chi connectivity index (χ2n) is 6.67. The summed E-state index contributed by atoms with van der Waals surface area (Å²) in [5, 5.41) is 3.64. The first-order valence-electron chi connectivity index (χ1n) is 9.12. The molecule has 3 aromatic rings. The summed E-state index contributed by atoms with van der Waals surface area (Å²) in [6.07, 6.45) is 0. The van der Waals surface area contributed by atoms with Crippen LogP contribution in [0.1, 0.15) is 11.1 Å². The number of carbonyl (C=O) groups excluding carboxylic acids is 1. The van der Waals surface area contributed by atoms with Gasteiger partial charge in [-0.3, -0.25) is 9.10 Å². The van der Waals surface area contributed by atoms with Gasteiger partial charge >= 0.3 is 0 Å². The first-order chi connectivity index (χ1) is 14.3. The Kier molecular flexibility index (Phi) is 7.02. The van der Waals surface area contributed by atoms with Crippen LogP contribution in [0, 0.1) is 6.92 Å². The number of aryl methyl sites for hydroxylation is 1. The second-order valence-corrected chi connectivity index (χ2v) is 9.38. The molecule has 3 aromatic carbocycles. The van der Waals surface area contributed by atoms with Gasteiger partial charge in [-0.05, 0) is 48.9 Å². The maximum absolute atomic E-state index is 13.2. The number of nitrogens with zero attached hydrogens (tertiary/aromatic N) is 1. The largest absolute Gasteiger partial charge is 0.350 e. The van der Waals surface area contributed by atoms with Gasteiger partial charge < -0.3 is 5.32 Å². The molecule has 0 saturated heterocycles. The Morgan fingerprint density at radius 1 is 0.967 bits per heavy atom. The first kappa shape index (κ1) is 22.2. The van der Waals surface area contributed by atoms with Gasteiger partial charge in [-0.2, -0.15) is 0 Å². The Labute approximate surface area is 186 Å². The smallest absolute Gasteiger partial charge is 0.264 e. The minimum absolute atomic E-state index is 0.110. The van der Waals surface area contributed by atoms with Gasteiger partial charge in [-0.25, -0.2) is 8.42 Å². The van der Waals surface area contributed by atoms with E-state index in [0.717, 1.165) is 9.87 Å². The third-order valence-corrected chi connectivity index (χ3v) is 6.81. The number of amides is 1. The molecule has 0 bridgehead atoms. The van der Waals surface area contributed by atoms with Crippen LogP contribution in [0.5, 0.6) is 0 Å². The van der Waals surface area contributed by atoms with Gasteiger partial charge in [0.1, 0.15) is 6.54 Å². The van der Waals surface area contributed by atoms with Gasteiger partial charge in [0.25, 0.3) is 10.0 Å². The number of halogens is 2. The molecule has 0 aromatic heterocycles. The Hall–Kier alpha value is -2.54. The average Bonchev–Trinajstić information content (AvgIpc) is 2.73. The fourth-order valence-electron chi connectivity index (χ4n) is 2.79. The molecule has 0 aliphatic rings. The Morgan fingerprint density at radius 3 is 2.27 bits per heavy atom. The number of hydrogen-bond donors (Lipinski definition) is 1. The summed E-state index contributed by atoms with van der Waals surface area (Å²) in [5.41, 5.74) is 2.07. The van der Waals surface area contributed by atoms with Gasteiger partial charge in [0, 0.05) is 16.6 Å². The van der Waals surface area contributed by atoms with Gasteiger partial charge in [0.15, 0.2) is 0 Å². The van der Waals surface area contributed by atoms with Gasteiger partial charge in [0.2, 0.25) is 5.91 Å². The van der Waals surface area contributed by atoms with Crippen molar-refractivity contribution in [2.75, 3.05) is 10.8 Å². The number of nitrogens with one attached hydrogen (secondary N) is 1. The van der Waals surface area contributed by atoms with Crippen molar-refractivity contribution in [1.82, 2.24) is 5.32 Å². The van der Waals surface area contributed by atoms with Crippen molar-refractivity contribution in [1.29, 1.82) is 0 Å². The van der Waals surface area contributed by atoms with Crippen molar-refractivity contribution in [3.8, 4) is 0 Å². The molecule has 1 amide bonds. The summed E-state index contributed by atoms with van der Waals surface area (Å²) >= 11 is 12.0. The van der Waals surface area contributed by atoms with Crippen molar-refractivity contribution < 1.29 is 13.2 Å². The summed E-state index contributed by atoms with van der Waals surface area (Å²) in [5.74, 6) is -0.457. The Balaban J connectivity index is 1.83. The maximum atomic E-state index is 13.2. The van der Waals surface area contributed by atoms with Crippen LogP contribution in [0.3, 0.4) is 0 Å². The fraction of sp³-hybridized carbons (Fsp3) is 0.136. The van der Waals surface area contributed by atoms with E-state index in [4.69, 9.17) is 23.2 Å². The fourth-order valence-corrected chi connectivity index (χ4v) is 4.71. The first-order valence-corrected chi connectivity index (χ1v) is 11.3. The third kappa shape index (κ3) is 5.33. The number of anilines is 1. The van der Waals surface area contributed by atoms with E-state index >= 15 is 0 Å². The molecule has 0 aliphatic carbocycles. The zero-order valence-electron chi connectivity index (χ0n) is 16.2. The van der Waals surface area contributed by atoms with Crippen molar-refractivity contribution in [2.45, 2.75) is 18.4 Å². The van der Waals surface area contributed by atoms with Crippen molar-refractivity contribution in [2.24, 2.45) is 0 Å². The van der Waals surface area contributed by atoms with Crippen molar-refractivity contribution in [3.63, 3.8) is 0 Å². The van der Waals surface area contributed by atoms with Gasteiger partial charge in [0.05, 0.1) is 10.6 Å². The standard InChI is InChI=1S/C22H20Cl2N2O3S/c1-16-7-11-19(12-8-16)26(30(28,29)20-5-3-2-4-6-20)15-22(27)25-14-17-9-10-18(23)13-21(17)24/h2-13H,14-15H2,1H3,(H,25,27). The van der Waals surface area contributed by atoms with Gasteiger partial charge in [-0.1, -0.05) is 65.2 Å². The zero-order valence-corrected chi connectivity index (χ0v) is 18.5. The van der Waals surface area contributed by atoms with Crippen LogP contribution in [-0.2, 0) is 21.4 Å². The van der Waals surface area contributed by atoms with E-state index < -0.39 is 15.9 Å². The minimum atomic E-state index is -3.93. The molecule has 0 heterocycles. The number of hydrogen-bond acceptors (Lipinski definition) is 3. The van der Waals surface area contributed by atoms with Crippen LogP contribution in [0.2, 0.25) is 10.0 Å². The molecule has 3 rings (SSSR count). The van der Waals surface area contributed by atoms with Crippen LogP contribution < -0.4 is 9.62 Å². The summed E-state index contributed by atoms with van der Waals surface area (Å²) in [7, 11) is -3.93. The Morgan fingerprint density at radius 2 is 1.63 bits per heavy atom. The zero-order chi connectivity index (χ0) is 21.7. The van der Waals surface area contributed by atoms with E-state index in [9.17, 15) is 13.2 Å². The predicted molar refractivity (Wildman–Crippen MR) is 120 cm³/mol. The summed E-state index contributed by atoms with van der Waals surface area (Å²) in [6.45, 7) is 1.69.